The Morgan fingerprint density at radius 2 is 2.23 bits per heavy atom. The van der Waals surface area contributed by atoms with Crippen LogP contribution in [0.15, 0.2) is 34.9 Å². The second-order valence-electron chi connectivity index (χ2n) is 2.91. The minimum atomic E-state index is 0.787. The van der Waals surface area contributed by atoms with Gasteiger partial charge in [-0.1, -0.05) is 12.1 Å². The first-order valence-electron chi connectivity index (χ1n) is 4.13. The molecule has 1 aromatic carbocycles. The third kappa shape index (κ3) is 1.59. The van der Waals surface area contributed by atoms with E-state index in [1.807, 2.05) is 18.3 Å². The quantitative estimate of drug-likeness (QED) is 0.738. The molecule has 0 aliphatic rings. The monoisotopic (exact) mass is 234 g/mol. The standard InChI is InChI=1S/C11H9BrN/c1-2-8-6-9-4-3-5-10(12)11(9)13-7-8/h3-7H,1-2H2. The first kappa shape index (κ1) is 8.70. The van der Waals surface area contributed by atoms with Gasteiger partial charge in [-0.3, -0.25) is 4.98 Å². The van der Waals surface area contributed by atoms with Gasteiger partial charge in [-0.25, -0.2) is 0 Å². The Morgan fingerprint density at radius 1 is 1.38 bits per heavy atom. The van der Waals surface area contributed by atoms with Crippen LogP contribution in [0.1, 0.15) is 5.56 Å². The molecule has 1 nitrogen and oxygen atoms in total. The van der Waals surface area contributed by atoms with Crippen molar-refractivity contribution >= 4 is 26.8 Å². The maximum atomic E-state index is 4.36. The zero-order valence-electron chi connectivity index (χ0n) is 7.13. The number of fused-ring (bicyclic) bond motifs is 1. The van der Waals surface area contributed by atoms with E-state index in [1.54, 1.807) is 0 Å². The van der Waals surface area contributed by atoms with Gasteiger partial charge in [0, 0.05) is 16.1 Å². The predicted octanol–water partition coefficient (Wildman–Crippen LogP) is 3.37. The van der Waals surface area contributed by atoms with E-state index < -0.39 is 0 Å². The van der Waals surface area contributed by atoms with Gasteiger partial charge in [0.15, 0.2) is 0 Å². The van der Waals surface area contributed by atoms with Gasteiger partial charge in [-0.15, -0.1) is 0 Å². The van der Waals surface area contributed by atoms with Gasteiger partial charge in [0.1, 0.15) is 0 Å². The van der Waals surface area contributed by atoms with E-state index in [4.69, 9.17) is 0 Å². The van der Waals surface area contributed by atoms with Crippen LogP contribution in [0.3, 0.4) is 0 Å². The molecule has 0 fully saturated rings. The zero-order valence-corrected chi connectivity index (χ0v) is 8.71. The summed E-state index contributed by atoms with van der Waals surface area (Å²) in [6.07, 6.45) is 2.66. The molecule has 2 aromatic rings. The lowest BCUT2D eigenvalue weighted by Crippen LogP contribution is -1.85. The fourth-order valence-electron chi connectivity index (χ4n) is 1.31. The van der Waals surface area contributed by atoms with Gasteiger partial charge in [0.25, 0.3) is 0 Å². The van der Waals surface area contributed by atoms with Crippen LogP contribution in [0.25, 0.3) is 10.9 Å². The van der Waals surface area contributed by atoms with Gasteiger partial charge in [-0.2, -0.15) is 0 Å². The van der Waals surface area contributed by atoms with Crippen LogP contribution in [-0.2, 0) is 6.42 Å². The summed E-state index contributed by atoms with van der Waals surface area (Å²) in [5.74, 6) is 0. The molecule has 0 saturated heterocycles. The highest BCUT2D eigenvalue weighted by Gasteiger charge is 1.99. The number of pyridine rings is 1. The molecule has 13 heavy (non-hydrogen) atoms. The second-order valence-corrected chi connectivity index (χ2v) is 3.76. The molecule has 0 spiro atoms. The molecule has 1 aromatic heterocycles. The van der Waals surface area contributed by atoms with Crippen LogP contribution in [0.5, 0.6) is 0 Å². The summed E-state index contributed by atoms with van der Waals surface area (Å²) in [6, 6.07) is 8.20. The van der Waals surface area contributed by atoms with Gasteiger partial charge in [0.05, 0.1) is 5.52 Å². The van der Waals surface area contributed by atoms with Crippen molar-refractivity contribution in [3.05, 3.63) is 47.4 Å². The van der Waals surface area contributed by atoms with Crippen molar-refractivity contribution in [1.82, 2.24) is 4.98 Å². The van der Waals surface area contributed by atoms with Gasteiger partial charge in [0.2, 0.25) is 0 Å². The SMILES string of the molecule is [CH2]Cc1cnc2c(Br)cccc2c1. The van der Waals surface area contributed by atoms with Gasteiger partial charge < -0.3 is 0 Å². The molecule has 0 atom stereocenters. The molecule has 2 rings (SSSR count). The predicted molar refractivity (Wildman–Crippen MR) is 58.5 cm³/mol. The summed E-state index contributed by atoms with van der Waals surface area (Å²) in [4.78, 5) is 4.36. The Hall–Kier alpha value is -0.890. The van der Waals surface area contributed by atoms with Crippen molar-refractivity contribution in [1.29, 1.82) is 0 Å². The summed E-state index contributed by atoms with van der Waals surface area (Å²) < 4.78 is 1.04. The lowest BCUT2D eigenvalue weighted by molar-refractivity contribution is 1.22. The van der Waals surface area contributed by atoms with Crippen LogP contribution >= 0.6 is 15.9 Å². The Morgan fingerprint density at radius 3 is 3.00 bits per heavy atom. The first-order chi connectivity index (χ1) is 6.31. The largest absolute Gasteiger partial charge is 0.255 e. The van der Waals surface area contributed by atoms with E-state index in [0.717, 1.165) is 21.8 Å². The summed E-state index contributed by atoms with van der Waals surface area (Å²) in [7, 11) is 0. The van der Waals surface area contributed by atoms with E-state index in [1.165, 1.54) is 5.56 Å². The molecule has 0 amide bonds. The molecule has 1 heterocycles. The Kier molecular flexibility index (Phi) is 2.32. The molecular formula is C11H9BrN. The molecule has 0 bridgehead atoms. The Labute approximate surface area is 85.9 Å². The molecule has 1 radical (unpaired) electrons. The maximum absolute atomic E-state index is 4.36. The Balaban J connectivity index is 2.72. The van der Waals surface area contributed by atoms with Gasteiger partial charge in [-0.05, 0) is 47.0 Å². The molecule has 65 valence electrons. The number of hydrogen-bond acceptors (Lipinski definition) is 1. The van der Waals surface area contributed by atoms with Crippen LogP contribution in [-0.4, -0.2) is 4.98 Å². The van der Waals surface area contributed by atoms with E-state index in [2.05, 4.69) is 40.0 Å². The minimum absolute atomic E-state index is 0.787. The van der Waals surface area contributed by atoms with Crippen molar-refractivity contribution in [2.75, 3.05) is 0 Å². The highest BCUT2D eigenvalue weighted by molar-refractivity contribution is 9.10. The number of para-hydroxylation sites is 1. The third-order valence-electron chi connectivity index (χ3n) is 2.01. The smallest absolute Gasteiger partial charge is 0.0844 e. The minimum Gasteiger partial charge on any atom is -0.255 e. The maximum Gasteiger partial charge on any atom is 0.0844 e. The molecule has 0 aliphatic carbocycles. The molecular weight excluding hydrogens is 226 g/mol. The van der Waals surface area contributed by atoms with Crippen molar-refractivity contribution in [3.8, 4) is 0 Å². The van der Waals surface area contributed by atoms with Crippen molar-refractivity contribution in [3.63, 3.8) is 0 Å². The number of halogens is 1. The lowest BCUT2D eigenvalue weighted by atomic mass is 10.1. The molecule has 0 unspecified atom stereocenters. The topological polar surface area (TPSA) is 12.9 Å². The second kappa shape index (κ2) is 3.46. The number of rotatable bonds is 1. The van der Waals surface area contributed by atoms with Crippen LogP contribution in [0.4, 0.5) is 0 Å². The number of nitrogens with zero attached hydrogens (tertiary/aromatic N) is 1. The molecule has 2 heteroatoms. The number of aromatic nitrogens is 1. The average molecular weight is 235 g/mol. The highest BCUT2D eigenvalue weighted by Crippen LogP contribution is 2.22. The molecule has 0 aliphatic heterocycles. The fraction of sp³-hybridized carbons (Fsp3) is 0.0909. The summed E-state index contributed by atoms with van der Waals surface area (Å²) in [6.45, 7) is 3.83. The fourth-order valence-corrected chi connectivity index (χ4v) is 1.79. The van der Waals surface area contributed by atoms with E-state index in [-0.39, 0.29) is 0 Å². The van der Waals surface area contributed by atoms with Crippen LogP contribution < -0.4 is 0 Å². The Bertz CT molecular complexity index is 437. The van der Waals surface area contributed by atoms with Crippen molar-refractivity contribution < 1.29 is 0 Å². The molecule has 0 saturated carbocycles. The normalized spacial score (nSPS) is 10.6. The van der Waals surface area contributed by atoms with Gasteiger partial charge >= 0.3 is 0 Å². The van der Waals surface area contributed by atoms with Crippen LogP contribution in [0, 0.1) is 6.92 Å². The first-order valence-corrected chi connectivity index (χ1v) is 4.93. The number of hydrogen-bond donors (Lipinski definition) is 0. The van der Waals surface area contributed by atoms with Crippen LogP contribution in [0.2, 0.25) is 0 Å². The summed E-state index contributed by atoms with van der Waals surface area (Å²) >= 11 is 3.47. The summed E-state index contributed by atoms with van der Waals surface area (Å²) in [5.41, 5.74) is 2.19. The lowest BCUT2D eigenvalue weighted by Gasteiger charge is -2.01. The van der Waals surface area contributed by atoms with Crippen molar-refractivity contribution in [2.24, 2.45) is 0 Å². The highest BCUT2D eigenvalue weighted by atomic mass is 79.9. The molecule has 0 N–H and O–H groups in total. The zero-order chi connectivity index (χ0) is 9.26. The summed E-state index contributed by atoms with van der Waals surface area (Å²) in [5, 5.41) is 1.16. The van der Waals surface area contributed by atoms with Crippen molar-refractivity contribution in [2.45, 2.75) is 6.42 Å². The third-order valence-corrected chi connectivity index (χ3v) is 2.65. The van der Waals surface area contributed by atoms with E-state index in [9.17, 15) is 0 Å². The average Bonchev–Trinajstić information content (AvgIpc) is 2.18. The van der Waals surface area contributed by atoms with E-state index >= 15 is 0 Å². The van der Waals surface area contributed by atoms with E-state index in [0.29, 0.717) is 0 Å². The number of benzene rings is 1.